The molecule has 57 heavy (non-hydrogen) atoms. The number of anilines is 1. The summed E-state index contributed by atoms with van der Waals surface area (Å²) in [6.45, 7) is 6.33. The molecule has 0 aliphatic carbocycles. The Morgan fingerprint density at radius 3 is 1.93 bits per heavy atom. The number of halogens is 1. The molecule has 11 nitrogen and oxygen atoms in total. The summed E-state index contributed by atoms with van der Waals surface area (Å²) in [5.74, 6) is -1.23. The Labute approximate surface area is 339 Å². The Bertz CT molecular complexity index is 1820. The fourth-order valence-electron chi connectivity index (χ4n) is 5.37. The van der Waals surface area contributed by atoms with Gasteiger partial charge in [-0.3, -0.25) is 9.59 Å². The lowest BCUT2D eigenvalue weighted by Crippen LogP contribution is -2.36. The maximum absolute atomic E-state index is 13.8. The summed E-state index contributed by atoms with van der Waals surface area (Å²) >= 11 is 0. The maximum Gasteiger partial charge on any atom is 0.239 e. The van der Waals surface area contributed by atoms with Crippen LogP contribution < -0.4 is 14.9 Å². The molecule has 0 saturated heterocycles. The second-order valence-electron chi connectivity index (χ2n) is 13.9. The van der Waals surface area contributed by atoms with Crippen molar-refractivity contribution >= 4 is 33.9 Å². The fraction of sp³-hybridized carbons (Fsp3) is 0.455. The van der Waals surface area contributed by atoms with Gasteiger partial charge in [0.1, 0.15) is 5.82 Å². The quantitative estimate of drug-likeness (QED) is 0.0563. The van der Waals surface area contributed by atoms with Crippen molar-refractivity contribution in [3.05, 3.63) is 108 Å². The van der Waals surface area contributed by atoms with Gasteiger partial charge in [-0.25, -0.2) is 27.1 Å². The predicted octanol–water partition coefficient (Wildman–Crippen LogP) is 7.47. The number of carbonyl (C=O) groups excluding carboxylic acids is 2. The summed E-state index contributed by atoms with van der Waals surface area (Å²) in [4.78, 5) is 33.6. The molecule has 1 aromatic carbocycles. The molecule has 4 N–H and O–H groups in total. The second kappa shape index (κ2) is 27.0. The number of nitrogens with one attached hydrogen (secondary N) is 2. The van der Waals surface area contributed by atoms with Crippen molar-refractivity contribution < 1.29 is 32.6 Å². The lowest BCUT2D eigenvalue weighted by Gasteiger charge is -2.20. The summed E-state index contributed by atoms with van der Waals surface area (Å²) in [6.07, 6.45) is 29.5. The normalized spacial score (nSPS) is 13.6. The van der Waals surface area contributed by atoms with Crippen molar-refractivity contribution in [1.82, 2.24) is 20.6 Å². The average molecular weight is 808 g/mol. The van der Waals surface area contributed by atoms with Gasteiger partial charge >= 0.3 is 0 Å². The topological polar surface area (TPSA) is 162 Å². The van der Waals surface area contributed by atoms with Gasteiger partial charge in [-0.05, 0) is 75.1 Å². The van der Waals surface area contributed by atoms with Crippen LogP contribution in [0.15, 0.2) is 91.1 Å². The minimum atomic E-state index is -3.69. The molecule has 0 aliphatic rings. The molecule has 2 rings (SSSR count). The molecule has 0 spiro atoms. The van der Waals surface area contributed by atoms with Crippen molar-refractivity contribution in [2.45, 2.75) is 103 Å². The highest BCUT2D eigenvalue weighted by Gasteiger charge is 2.23. The molecule has 1 aromatic heterocycles. The zero-order valence-electron chi connectivity index (χ0n) is 34.1. The predicted molar refractivity (Wildman–Crippen MR) is 229 cm³/mol. The van der Waals surface area contributed by atoms with Gasteiger partial charge < -0.3 is 20.8 Å². The van der Waals surface area contributed by atoms with E-state index >= 15 is 0 Å². The number of rotatable bonds is 26. The Hall–Kier alpha value is -4.72. The fourth-order valence-corrected chi connectivity index (χ4v) is 5.75. The summed E-state index contributed by atoms with van der Waals surface area (Å²) < 4.78 is 39.3. The zero-order valence-corrected chi connectivity index (χ0v) is 34.9. The second-order valence-corrected chi connectivity index (χ2v) is 15.9. The summed E-state index contributed by atoms with van der Waals surface area (Å²) in [5, 5.41) is 26.7. The van der Waals surface area contributed by atoms with Crippen LogP contribution >= 0.6 is 0 Å². The lowest BCUT2D eigenvalue weighted by molar-refractivity contribution is -0.124. The molecule has 0 radical (unpaired) electrons. The van der Waals surface area contributed by atoms with Crippen LogP contribution in [0.4, 0.5) is 10.3 Å². The molecule has 0 saturated carbocycles. The minimum absolute atomic E-state index is 0.0588. The molecule has 312 valence electrons. The van der Waals surface area contributed by atoms with Crippen molar-refractivity contribution in [3.63, 3.8) is 0 Å². The van der Waals surface area contributed by atoms with Gasteiger partial charge in [0.25, 0.3) is 0 Å². The van der Waals surface area contributed by atoms with E-state index < -0.39 is 34.0 Å². The van der Waals surface area contributed by atoms with E-state index in [1.807, 2.05) is 13.8 Å². The summed E-state index contributed by atoms with van der Waals surface area (Å²) in [7, 11) is -2.35. The van der Waals surface area contributed by atoms with Crippen LogP contribution in [0.1, 0.15) is 102 Å². The van der Waals surface area contributed by atoms with Crippen LogP contribution in [0, 0.1) is 5.82 Å². The van der Waals surface area contributed by atoms with Crippen LogP contribution in [-0.2, 0) is 19.6 Å². The first-order valence-electron chi connectivity index (χ1n) is 19.7. The van der Waals surface area contributed by atoms with E-state index in [-0.39, 0.29) is 43.7 Å². The molecule has 0 fully saturated rings. The maximum atomic E-state index is 13.8. The van der Waals surface area contributed by atoms with Gasteiger partial charge in [0.2, 0.25) is 27.8 Å². The third-order valence-corrected chi connectivity index (χ3v) is 9.69. The van der Waals surface area contributed by atoms with E-state index in [4.69, 9.17) is 0 Å². The third-order valence-electron chi connectivity index (χ3n) is 8.53. The number of aliphatic hydroxyl groups is 2. The number of aliphatic hydroxyl groups excluding tert-OH is 2. The first-order chi connectivity index (χ1) is 27.2. The van der Waals surface area contributed by atoms with Crippen molar-refractivity contribution in [2.75, 3.05) is 30.7 Å². The molecule has 1 heterocycles. The zero-order chi connectivity index (χ0) is 42.1. The minimum Gasteiger partial charge on any atom is -0.392 e. The number of amides is 2. The Morgan fingerprint density at radius 1 is 0.842 bits per heavy atom. The molecule has 0 aliphatic heterocycles. The number of hydrogen-bond donors (Lipinski definition) is 4. The summed E-state index contributed by atoms with van der Waals surface area (Å²) in [6, 6.07) is 5.56. The van der Waals surface area contributed by atoms with E-state index in [1.165, 1.54) is 37.4 Å². The van der Waals surface area contributed by atoms with Gasteiger partial charge in [-0.15, -0.1) is 0 Å². The standard InChI is InChI=1S/C44H62FN5O6S/c1-6-7-8-9-10-11-12-13-14-15-16-17-18-19-20-21-22-23-40(53)46-30-31-47-41(54)33-38(52)32-37(51)28-29-39-42(34(2)3)48-44(50(4)57(5,55)56)49-43(39)35-24-26-36(45)27-25-35/h7-8,10-11,13-14,16-17,19-20,24-29,34,37-38,51-52H,6,9,12,15,18,21-23,30-33H2,1-5H3,(H,46,53)(H,47,54). The van der Waals surface area contributed by atoms with E-state index in [9.17, 15) is 32.6 Å². The van der Waals surface area contributed by atoms with Crippen LogP contribution in [0.2, 0.25) is 0 Å². The van der Waals surface area contributed by atoms with Crippen molar-refractivity contribution in [3.8, 4) is 11.3 Å². The highest BCUT2D eigenvalue weighted by atomic mass is 32.2. The van der Waals surface area contributed by atoms with Gasteiger partial charge in [0, 0.05) is 44.1 Å². The molecule has 0 bridgehead atoms. The molecule has 2 unspecified atom stereocenters. The van der Waals surface area contributed by atoms with Crippen LogP contribution in [0.25, 0.3) is 17.3 Å². The Kier molecular flexibility index (Phi) is 22.9. The first kappa shape index (κ1) is 48.4. The van der Waals surface area contributed by atoms with Crippen molar-refractivity contribution in [1.29, 1.82) is 0 Å². The van der Waals surface area contributed by atoms with Gasteiger partial charge in [0.05, 0.1) is 36.3 Å². The largest absolute Gasteiger partial charge is 0.392 e. The number of hydrogen-bond acceptors (Lipinski definition) is 8. The van der Waals surface area contributed by atoms with E-state index in [0.717, 1.165) is 55.5 Å². The molecule has 13 heteroatoms. The summed E-state index contributed by atoms with van der Waals surface area (Å²) in [5.41, 5.74) is 1.83. The van der Waals surface area contributed by atoms with E-state index in [0.29, 0.717) is 28.9 Å². The number of sulfonamides is 1. The average Bonchev–Trinajstić information content (AvgIpc) is 3.16. The number of nitrogens with zero attached hydrogens (tertiary/aromatic N) is 3. The number of unbranched alkanes of at least 4 members (excludes halogenated alkanes) is 1. The molecule has 2 aromatic rings. The molecule has 2 amide bonds. The van der Waals surface area contributed by atoms with E-state index in [2.05, 4.69) is 88.3 Å². The molecule has 2 atom stereocenters. The molecular formula is C44H62FN5O6S. The van der Waals surface area contributed by atoms with Crippen LogP contribution in [-0.4, -0.2) is 79.0 Å². The van der Waals surface area contributed by atoms with Gasteiger partial charge in [0.15, 0.2) is 0 Å². The number of benzene rings is 1. The van der Waals surface area contributed by atoms with Crippen molar-refractivity contribution in [2.24, 2.45) is 0 Å². The third kappa shape index (κ3) is 20.3. The number of allylic oxidation sites excluding steroid dienone is 10. The number of aromatic nitrogens is 2. The molecular weight excluding hydrogens is 746 g/mol. The van der Waals surface area contributed by atoms with Gasteiger partial charge in [-0.2, -0.15) is 0 Å². The smallest absolute Gasteiger partial charge is 0.239 e. The van der Waals surface area contributed by atoms with Gasteiger partial charge in [-0.1, -0.05) is 93.7 Å². The Morgan fingerprint density at radius 2 is 1.39 bits per heavy atom. The van der Waals surface area contributed by atoms with E-state index in [1.54, 1.807) is 6.08 Å². The Balaban J connectivity index is 1.75. The highest BCUT2D eigenvalue weighted by molar-refractivity contribution is 7.92. The van der Waals surface area contributed by atoms with Crippen LogP contribution in [0.3, 0.4) is 0 Å². The SMILES string of the molecule is CCC=CCC=CCC=CCC=CCC=CCCCC(=O)NCCNC(=O)CC(O)CC(O)C=Cc1c(-c2ccc(F)cc2)nc(N(C)S(C)(=O)=O)nc1C(C)C. The first-order valence-corrected chi connectivity index (χ1v) is 21.5. The monoisotopic (exact) mass is 807 g/mol. The highest BCUT2D eigenvalue weighted by Crippen LogP contribution is 2.32. The van der Waals surface area contributed by atoms with Crippen LogP contribution in [0.5, 0.6) is 0 Å². The lowest BCUT2D eigenvalue weighted by atomic mass is 9.97. The number of carbonyl (C=O) groups is 2.